The molecule has 0 saturated carbocycles. The zero-order valence-corrected chi connectivity index (χ0v) is 54.1. The SMILES string of the molecule is CC/C=C\C/C=C\C/C=C\C/C=C\CCCCC(=O)OC(COC(=O)CCCCCCCCCCCCCCCCC)COC(=O)CCCCCCCCCCCCCCCCCCCCCCC/C=C\C/C=C\CCCCCCC. The molecule has 0 amide bonds. The average molecular weight is 1130 g/mol. The molecule has 0 fully saturated rings. The van der Waals surface area contributed by atoms with Crippen molar-refractivity contribution in [1.29, 1.82) is 0 Å². The summed E-state index contributed by atoms with van der Waals surface area (Å²) in [6, 6.07) is 0. The Labute approximate surface area is 503 Å². The Morgan fingerprint density at radius 1 is 0.259 bits per heavy atom. The van der Waals surface area contributed by atoms with E-state index >= 15 is 0 Å². The van der Waals surface area contributed by atoms with Gasteiger partial charge in [-0.1, -0.05) is 331 Å². The van der Waals surface area contributed by atoms with Gasteiger partial charge in [0.25, 0.3) is 0 Å². The Morgan fingerprint density at radius 2 is 0.481 bits per heavy atom. The Bertz CT molecular complexity index is 1490. The Hall–Kier alpha value is -3.15. The molecule has 0 heterocycles. The van der Waals surface area contributed by atoms with Gasteiger partial charge in [0.1, 0.15) is 13.2 Å². The Balaban J connectivity index is 4.15. The number of hydrogen-bond acceptors (Lipinski definition) is 6. The molecule has 1 atom stereocenters. The predicted octanol–water partition coefficient (Wildman–Crippen LogP) is 24.4. The van der Waals surface area contributed by atoms with Crippen LogP contribution in [0.5, 0.6) is 0 Å². The van der Waals surface area contributed by atoms with Gasteiger partial charge < -0.3 is 14.2 Å². The Kier molecular flexibility index (Phi) is 66.6. The second kappa shape index (κ2) is 69.3. The minimum atomic E-state index is -0.795. The highest BCUT2D eigenvalue weighted by Crippen LogP contribution is 2.18. The standard InChI is InChI=1S/C75H134O6/c1-4-7-10-13-16-19-22-25-28-29-30-31-32-33-34-35-36-37-38-39-40-41-42-43-44-45-48-50-53-56-59-62-65-68-74(77)80-71-72(81-75(78)69-66-63-60-57-54-51-47-27-24-21-18-15-12-9-6-3)70-79-73(76)67-64-61-58-55-52-49-46-26-23-20-17-14-11-8-5-2/h9,12,18,21-22,25,27,29-30,47,54,57,72H,4-8,10-11,13-17,19-20,23-24,26,28,31-46,48-53,55-56,58-71H2,1-3H3/b12-9-,21-18-,25-22-,30-29-,47-27-,57-54-. The van der Waals surface area contributed by atoms with Crippen LogP contribution in [0.4, 0.5) is 0 Å². The summed E-state index contributed by atoms with van der Waals surface area (Å²) in [5, 5.41) is 0. The van der Waals surface area contributed by atoms with E-state index in [-0.39, 0.29) is 37.5 Å². The molecule has 0 aliphatic carbocycles. The first-order chi connectivity index (χ1) is 40.0. The highest BCUT2D eigenvalue weighted by molar-refractivity contribution is 5.71. The number of unbranched alkanes of at least 4 members (excludes halogenated alkanes) is 42. The van der Waals surface area contributed by atoms with Crippen molar-refractivity contribution in [3.05, 3.63) is 72.9 Å². The Morgan fingerprint density at radius 3 is 0.778 bits per heavy atom. The molecule has 6 heteroatoms. The fraction of sp³-hybridized carbons (Fsp3) is 0.800. The van der Waals surface area contributed by atoms with E-state index in [2.05, 4.69) is 93.7 Å². The lowest BCUT2D eigenvalue weighted by atomic mass is 10.0. The van der Waals surface area contributed by atoms with Gasteiger partial charge in [0, 0.05) is 19.3 Å². The van der Waals surface area contributed by atoms with Gasteiger partial charge in [0.2, 0.25) is 0 Å². The minimum absolute atomic E-state index is 0.0872. The molecule has 0 bridgehead atoms. The maximum Gasteiger partial charge on any atom is 0.306 e. The average Bonchev–Trinajstić information content (AvgIpc) is 3.47. The van der Waals surface area contributed by atoms with Crippen molar-refractivity contribution in [3.8, 4) is 0 Å². The van der Waals surface area contributed by atoms with Crippen molar-refractivity contribution in [3.63, 3.8) is 0 Å². The maximum absolute atomic E-state index is 12.9. The first kappa shape index (κ1) is 77.9. The molecular formula is C75H134O6. The van der Waals surface area contributed by atoms with Crippen LogP contribution in [-0.4, -0.2) is 37.2 Å². The fourth-order valence-corrected chi connectivity index (χ4v) is 10.4. The molecule has 1 unspecified atom stereocenters. The van der Waals surface area contributed by atoms with Crippen molar-refractivity contribution in [2.45, 2.75) is 374 Å². The number of ether oxygens (including phenoxy) is 3. The number of carbonyl (C=O) groups excluding carboxylic acids is 3. The van der Waals surface area contributed by atoms with Crippen molar-refractivity contribution < 1.29 is 28.6 Å². The van der Waals surface area contributed by atoms with E-state index < -0.39 is 6.10 Å². The third-order valence-electron chi connectivity index (χ3n) is 15.7. The molecule has 0 spiro atoms. The third-order valence-corrected chi connectivity index (χ3v) is 15.7. The molecular weight excluding hydrogens is 997 g/mol. The van der Waals surface area contributed by atoms with Crippen LogP contribution in [0.1, 0.15) is 367 Å². The van der Waals surface area contributed by atoms with Gasteiger partial charge in [0.15, 0.2) is 6.10 Å². The molecule has 0 aromatic rings. The molecule has 0 N–H and O–H groups in total. The normalized spacial score (nSPS) is 12.5. The highest BCUT2D eigenvalue weighted by Gasteiger charge is 2.19. The molecule has 81 heavy (non-hydrogen) atoms. The zero-order chi connectivity index (χ0) is 58.5. The zero-order valence-electron chi connectivity index (χ0n) is 54.1. The maximum atomic E-state index is 12.9. The van der Waals surface area contributed by atoms with Crippen molar-refractivity contribution in [2.75, 3.05) is 13.2 Å². The number of rotatable bonds is 65. The van der Waals surface area contributed by atoms with Crippen LogP contribution < -0.4 is 0 Å². The monoisotopic (exact) mass is 1130 g/mol. The number of allylic oxidation sites excluding steroid dienone is 12. The van der Waals surface area contributed by atoms with Crippen molar-refractivity contribution in [1.82, 2.24) is 0 Å². The van der Waals surface area contributed by atoms with E-state index in [0.29, 0.717) is 19.3 Å². The first-order valence-corrected chi connectivity index (χ1v) is 35.4. The summed E-state index contributed by atoms with van der Waals surface area (Å²) in [4.78, 5) is 38.3. The topological polar surface area (TPSA) is 78.9 Å². The van der Waals surface area contributed by atoms with E-state index in [1.807, 2.05) is 0 Å². The van der Waals surface area contributed by atoms with Crippen LogP contribution in [0.15, 0.2) is 72.9 Å². The molecule has 0 aliphatic rings. The summed E-state index contributed by atoms with van der Waals surface area (Å²) in [6.07, 6.45) is 90.9. The van der Waals surface area contributed by atoms with Gasteiger partial charge >= 0.3 is 17.9 Å². The molecule has 0 aromatic carbocycles. The molecule has 0 rings (SSSR count). The third kappa shape index (κ3) is 67.5. The van der Waals surface area contributed by atoms with E-state index in [9.17, 15) is 14.4 Å². The fourth-order valence-electron chi connectivity index (χ4n) is 10.4. The van der Waals surface area contributed by atoms with E-state index in [0.717, 1.165) is 83.5 Å². The quantitative estimate of drug-likeness (QED) is 0.0261. The lowest BCUT2D eigenvalue weighted by Crippen LogP contribution is -2.30. The lowest BCUT2D eigenvalue weighted by Gasteiger charge is -2.18. The summed E-state index contributed by atoms with van der Waals surface area (Å²) in [6.45, 7) is 6.53. The molecule has 0 aliphatic heterocycles. The van der Waals surface area contributed by atoms with Gasteiger partial charge in [-0.3, -0.25) is 14.4 Å². The number of carbonyl (C=O) groups is 3. The van der Waals surface area contributed by atoms with Crippen LogP contribution in [0, 0.1) is 0 Å². The van der Waals surface area contributed by atoms with Crippen LogP contribution in [-0.2, 0) is 28.6 Å². The highest BCUT2D eigenvalue weighted by atomic mass is 16.6. The number of esters is 3. The molecule has 0 aromatic heterocycles. The van der Waals surface area contributed by atoms with Crippen LogP contribution in [0.3, 0.4) is 0 Å². The van der Waals surface area contributed by atoms with E-state index in [4.69, 9.17) is 14.2 Å². The van der Waals surface area contributed by atoms with Crippen LogP contribution in [0.25, 0.3) is 0 Å². The first-order valence-electron chi connectivity index (χ1n) is 35.4. The van der Waals surface area contributed by atoms with Crippen molar-refractivity contribution in [2.24, 2.45) is 0 Å². The molecule has 6 nitrogen and oxygen atoms in total. The molecule has 0 saturated heterocycles. The van der Waals surface area contributed by atoms with Gasteiger partial charge in [-0.2, -0.15) is 0 Å². The minimum Gasteiger partial charge on any atom is -0.462 e. The lowest BCUT2D eigenvalue weighted by molar-refractivity contribution is -0.167. The van der Waals surface area contributed by atoms with Gasteiger partial charge in [-0.25, -0.2) is 0 Å². The summed E-state index contributed by atoms with van der Waals surface area (Å²) in [7, 11) is 0. The molecule has 470 valence electrons. The van der Waals surface area contributed by atoms with Gasteiger partial charge in [-0.15, -0.1) is 0 Å². The largest absolute Gasteiger partial charge is 0.462 e. The molecule has 0 radical (unpaired) electrons. The summed E-state index contributed by atoms with van der Waals surface area (Å²) in [5.41, 5.74) is 0. The van der Waals surface area contributed by atoms with Crippen LogP contribution >= 0.6 is 0 Å². The second-order valence-electron chi connectivity index (χ2n) is 23.8. The van der Waals surface area contributed by atoms with Gasteiger partial charge in [-0.05, 0) is 89.9 Å². The van der Waals surface area contributed by atoms with Crippen LogP contribution in [0.2, 0.25) is 0 Å². The predicted molar refractivity (Wildman–Crippen MR) is 353 cm³/mol. The van der Waals surface area contributed by atoms with E-state index in [1.165, 1.54) is 238 Å². The summed E-state index contributed by atoms with van der Waals surface area (Å²) in [5.74, 6) is -0.908. The second-order valence-corrected chi connectivity index (χ2v) is 23.8. The van der Waals surface area contributed by atoms with Gasteiger partial charge in [0.05, 0.1) is 0 Å². The van der Waals surface area contributed by atoms with E-state index in [1.54, 1.807) is 0 Å². The summed E-state index contributed by atoms with van der Waals surface area (Å²) >= 11 is 0. The van der Waals surface area contributed by atoms with Crippen molar-refractivity contribution >= 4 is 17.9 Å². The summed E-state index contributed by atoms with van der Waals surface area (Å²) < 4.78 is 16.9. The smallest absolute Gasteiger partial charge is 0.306 e. The number of hydrogen-bond donors (Lipinski definition) is 0.